The number of ether oxygens (including phenoxy) is 1. The molecular formula is C12H26N2O4S. The number of sulfonamides is 1. The molecule has 19 heavy (non-hydrogen) atoms. The van der Waals surface area contributed by atoms with Gasteiger partial charge >= 0.3 is 0 Å². The Morgan fingerprint density at radius 1 is 1.53 bits per heavy atom. The van der Waals surface area contributed by atoms with E-state index < -0.39 is 16.1 Å². The number of nitrogens with one attached hydrogen (secondary N) is 1. The number of aliphatic hydroxyl groups excluding tert-OH is 1. The van der Waals surface area contributed by atoms with Gasteiger partial charge in [0.2, 0.25) is 10.0 Å². The standard InChI is InChI=1S/C12H26N2O4S/c1-18-10-12(15)5-6-13-8-11-4-3-7-14(9-11)19(2,16)17/h11-13,15H,3-10H2,1-2H3. The third-order valence-corrected chi connectivity index (χ3v) is 4.67. The zero-order chi connectivity index (χ0) is 14.3. The van der Waals surface area contributed by atoms with E-state index in [0.717, 1.165) is 25.9 Å². The van der Waals surface area contributed by atoms with E-state index in [0.29, 0.717) is 32.0 Å². The molecule has 0 aromatic carbocycles. The van der Waals surface area contributed by atoms with Crippen molar-refractivity contribution in [3.8, 4) is 0 Å². The van der Waals surface area contributed by atoms with Gasteiger partial charge in [0, 0.05) is 20.2 Å². The van der Waals surface area contributed by atoms with E-state index >= 15 is 0 Å². The van der Waals surface area contributed by atoms with Crippen molar-refractivity contribution >= 4 is 10.0 Å². The molecule has 0 radical (unpaired) electrons. The summed E-state index contributed by atoms with van der Waals surface area (Å²) in [6.45, 7) is 3.12. The molecule has 0 aromatic heterocycles. The van der Waals surface area contributed by atoms with E-state index in [2.05, 4.69) is 5.32 Å². The third-order valence-electron chi connectivity index (χ3n) is 3.40. The maximum absolute atomic E-state index is 11.5. The number of hydrogen-bond acceptors (Lipinski definition) is 5. The van der Waals surface area contributed by atoms with Gasteiger partial charge in [-0.2, -0.15) is 0 Å². The summed E-state index contributed by atoms with van der Waals surface area (Å²) >= 11 is 0. The van der Waals surface area contributed by atoms with E-state index in [1.165, 1.54) is 6.26 Å². The predicted octanol–water partition coefficient (Wildman–Crippen LogP) is -0.355. The number of piperidine rings is 1. The molecule has 1 saturated heterocycles. The van der Waals surface area contributed by atoms with E-state index in [1.807, 2.05) is 0 Å². The molecule has 1 fully saturated rings. The molecular weight excluding hydrogens is 268 g/mol. The molecule has 0 bridgehead atoms. The molecule has 2 N–H and O–H groups in total. The summed E-state index contributed by atoms with van der Waals surface area (Å²) in [4.78, 5) is 0. The van der Waals surface area contributed by atoms with Crippen molar-refractivity contribution in [2.75, 3.05) is 46.2 Å². The largest absolute Gasteiger partial charge is 0.391 e. The van der Waals surface area contributed by atoms with E-state index in [9.17, 15) is 13.5 Å². The van der Waals surface area contributed by atoms with Crippen molar-refractivity contribution in [3.63, 3.8) is 0 Å². The summed E-state index contributed by atoms with van der Waals surface area (Å²) in [6.07, 6.45) is 3.46. The SMILES string of the molecule is COCC(O)CCNCC1CCCN(S(C)(=O)=O)C1. The second kappa shape index (κ2) is 8.16. The molecule has 1 aliphatic rings. The lowest BCUT2D eigenvalue weighted by Crippen LogP contribution is -2.42. The highest BCUT2D eigenvalue weighted by Gasteiger charge is 2.25. The van der Waals surface area contributed by atoms with E-state index in [4.69, 9.17) is 4.74 Å². The van der Waals surface area contributed by atoms with Gasteiger partial charge in [0.25, 0.3) is 0 Å². The van der Waals surface area contributed by atoms with Gasteiger partial charge in [-0.25, -0.2) is 12.7 Å². The van der Waals surface area contributed by atoms with Gasteiger partial charge < -0.3 is 15.2 Å². The van der Waals surface area contributed by atoms with Gasteiger partial charge in [0.15, 0.2) is 0 Å². The monoisotopic (exact) mass is 294 g/mol. The van der Waals surface area contributed by atoms with Crippen LogP contribution in [-0.2, 0) is 14.8 Å². The van der Waals surface area contributed by atoms with Gasteiger partial charge in [-0.3, -0.25) is 0 Å². The number of hydrogen-bond donors (Lipinski definition) is 2. The second-order valence-electron chi connectivity index (χ2n) is 5.23. The van der Waals surface area contributed by atoms with Gasteiger partial charge in [-0.15, -0.1) is 0 Å². The Morgan fingerprint density at radius 3 is 2.89 bits per heavy atom. The highest BCUT2D eigenvalue weighted by Crippen LogP contribution is 2.17. The lowest BCUT2D eigenvalue weighted by Gasteiger charge is -2.31. The van der Waals surface area contributed by atoms with Crippen LogP contribution >= 0.6 is 0 Å². The zero-order valence-corrected chi connectivity index (χ0v) is 12.7. The van der Waals surface area contributed by atoms with Crippen molar-refractivity contribution < 1.29 is 18.3 Å². The van der Waals surface area contributed by atoms with Crippen LogP contribution in [0, 0.1) is 5.92 Å². The number of aliphatic hydroxyl groups is 1. The van der Waals surface area contributed by atoms with Crippen molar-refractivity contribution in [3.05, 3.63) is 0 Å². The molecule has 114 valence electrons. The fourth-order valence-electron chi connectivity index (χ4n) is 2.35. The Balaban J connectivity index is 2.19. The maximum Gasteiger partial charge on any atom is 0.211 e. The topological polar surface area (TPSA) is 78.9 Å². The fourth-order valence-corrected chi connectivity index (χ4v) is 3.29. The molecule has 6 nitrogen and oxygen atoms in total. The molecule has 2 unspecified atom stereocenters. The first-order chi connectivity index (χ1) is 8.93. The highest BCUT2D eigenvalue weighted by atomic mass is 32.2. The van der Waals surface area contributed by atoms with Crippen molar-refractivity contribution in [1.82, 2.24) is 9.62 Å². The molecule has 0 spiro atoms. The first-order valence-corrected chi connectivity index (χ1v) is 8.61. The Labute approximate surface area is 116 Å². The van der Waals surface area contributed by atoms with Gasteiger partial charge in [0.05, 0.1) is 19.0 Å². The molecule has 1 aliphatic heterocycles. The van der Waals surface area contributed by atoms with Crippen LogP contribution in [0.1, 0.15) is 19.3 Å². The van der Waals surface area contributed by atoms with Crippen molar-refractivity contribution in [2.24, 2.45) is 5.92 Å². The molecule has 7 heteroatoms. The number of nitrogens with zero attached hydrogens (tertiary/aromatic N) is 1. The Morgan fingerprint density at radius 2 is 2.26 bits per heavy atom. The minimum absolute atomic E-state index is 0.354. The predicted molar refractivity (Wildman–Crippen MR) is 74.5 cm³/mol. The van der Waals surface area contributed by atoms with Crippen LogP contribution in [0.3, 0.4) is 0 Å². The average molecular weight is 294 g/mol. The van der Waals surface area contributed by atoms with Crippen LogP contribution in [0.15, 0.2) is 0 Å². The molecule has 1 heterocycles. The normalized spacial score (nSPS) is 23.4. The molecule has 0 aliphatic carbocycles. The first kappa shape index (κ1) is 16.8. The molecule has 2 atom stereocenters. The summed E-state index contributed by atoms with van der Waals surface area (Å²) in [5.41, 5.74) is 0. The first-order valence-electron chi connectivity index (χ1n) is 6.76. The van der Waals surface area contributed by atoms with E-state index in [1.54, 1.807) is 11.4 Å². The summed E-state index contributed by atoms with van der Waals surface area (Å²) < 4.78 is 29.4. The summed E-state index contributed by atoms with van der Waals surface area (Å²) in [5.74, 6) is 0.364. The molecule has 0 amide bonds. The van der Waals surface area contributed by atoms with Crippen LogP contribution in [0.5, 0.6) is 0 Å². The van der Waals surface area contributed by atoms with Gasteiger partial charge in [-0.1, -0.05) is 0 Å². The van der Waals surface area contributed by atoms with Crippen LogP contribution in [0.4, 0.5) is 0 Å². The quantitative estimate of drug-likeness (QED) is 0.598. The van der Waals surface area contributed by atoms with Crippen LogP contribution in [-0.4, -0.2) is 70.1 Å². The lowest BCUT2D eigenvalue weighted by atomic mass is 10.00. The van der Waals surface area contributed by atoms with Crippen LogP contribution < -0.4 is 5.32 Å². The van der Waals surface area contributed by atoms with Crippen molar-refractivity contribution in [2.45, 2.75) is 25.4 Å². The maximum atomic E-state index is 11.5. The summed E-state index contributed by atoms with van der Waals surface area (Å²) in [6, 6.07) is 0. The average Bonchev–Trinajstić information content (AvgIpc) is 2.34. The number of rotatable bonds is 8. The smallest absolute Gasteiger partial charge is 0.211 e. The third kappa shape index (κ3) is 6.67. The van der Waals surface area contributed by atoms with Crippen molar-refractivity contribution in [1.29, 1.82) is 0 Å². The number of methoxy groups -OCH3 is 1. The summed E-state index contributed by atoms with van der Waals surface area (Å²) in [5, 5.41) is 12.8. The van der Waals surface area contributed by atoms with Gasteiger partial charge in [-0.05, 0) is 38.3 Å². The zero-order valence-electron chi connectivity index (χ0n) is 11.8. The fraction of sp³-hybridized carbons (Fsp3) is 1.00. The van der Waals surface area contributed by atoms with Gasteiger partial charge in [0.1, 0.15) is 0 Å². The molecule has 0 saturated carbocycles. The minimum atomic E-state index is -3.06. The molecule has 1 rings (SSSR count). The Bertz CT molecular complexity index is 348. The van der Waals surface area contributed by atoms with E-state index in [-0.39, 0.29) is 0 Å². The Kier molecular flexibility index (Phi) is 7.23. The molecule has 0 aromatic rings. The van der Waals surface area contributed by atoms with Crippen LogP contribution in [0.2, 0.25) is 0 Å². The lowest BCUT2D eigenvalue weighted by molar-refractivity contribution is 0.0592. The Hall–Kier alpha value is -0.210. The van der Waals surface area contributed by atoms with Crippen LogP contribution in [0.25, 0.3) is 0 Å². The summed E-state index contributed by atoms with van der Waals surface area (Å²) in [7, 11) is -1.49. The minimum Gasteiger partial charge on any atom is -0.391 e. The second-order valence-corrected chi connectivity index (χ2v) is 7.21. The highest BCUT2D eigenvalue weighted by molar-refractivity contribution is 7.88.